The predicted molar refractivity (Wildman–Crippen MR) is 87.3 cm³/mol. The molecular weight excluding hydrogens is 280 g/mol. The summed E-state index contributed by atoms with van der Waals surface area (Å²) in [4.78, 5) is 0. The fraction of sp³-hybridized carbons (Fsp3) is 0.278. The lowest BCUT2D eigenvalue weighted by atomic mass is 10.0. The Kier molecular flexibility index (Phi) is 5.38. The summed E-state index contributed by atoms with van der Waals surface area (Å²) in [6.45, 7) is 4.26. The van der Waals surface area contributed by atoms with E-state index in [1.54, 1.807) is 0 Å². The van der Waals surface area contributed by atoms with Crippen LogP contribution in [-0.2, 0) is 6.42 Å². The zero-order valence-electron chi connectivity index (χ0n) is 12.3. The van der Waals surface area contributed by atoms with Gasteiger partial charge < -0.3 is 5.32 Å². The molecule has 2 aromatic carbocycles. The molecule has 0 spiro atoms. The number of rotatable bonds is 5. The molecule has 2 atom stereocenters. The van der Waals surface area contributed by atoms with E-state index < -0.39 is 0 Å². The molecule has 0 saturated carbocycles. The van der Waals surface area contributed by atoms with Gasteiger partial charge in [0, 0.05) is 17.1 Å². The Hall–Kier alpha value is -1.82. The van der Waals surface area contributed by atoms with Gasteiger partial charge in [-0.1, -0.05) is 41.9 Å². The minimum atomic E-state index is 0.191. The second-order valence-corrected chi connectivity index (χ2v) is 5.73. The molecule has 0 heterocycles. The van der Waals surface area contributed by atoms with Crippen LogP contribution in [0.1, 0.15) is 36.6 Å². The Morgan fingerprint density at radius 1 is 1.14 bits per heavy atom. The van der Waals surface area contributed by atoms with Gasteiger partial charge in [-0.2, -0.15) is 5.26 Å². The average Bonchev–Trinajstić information content (AvgIpc) is 2.49. The highest BCUT2D eigenvalue weighted by Crippen LogP contribution is 2.19. The van der Waals surface area contributed by atoms with Gasteiger partial charge in [0.05, 0.1) is 11.6 Å². The first kappa shape index (κ1) is 15.6. The first-order valence-electron chi connectivity index (χ1n) is 7.09. The average molecular weight is 299 g/mol. The maximum atomic E-state index is 8.97. The van der Waals surface area contributed by atoms with Gasteiger partial charge in [-0.25, -0.2) is 0 Å². The first-order chi connectivity index (χ1) is 10.1. The van der Waals surface area contributed by atoms with E-state index in [0.717, 1.165) is 22.6 Å². The highest BCUT2D eigenvalue weighted by atomic mass is 35.5. The zero-order valence-corrected chi connectivity index (χ0v) is 13.1. The van der Waals surface area contributed by atoms with Crippen molar-refractivity contribution in [3.05, 3.63) is 70.2 Å². The van der Waals surface area contributed by atoms with E-state index in [2.05, 4.69) is 31.3 Å². The lowest BCUT2D eigenvalue weighted by Gasteiger charge is -2.21. The van der Waals surface area contributed by atoms with Crippen molar-refractivity contribution in [2.24, 2.45) is 0 Å². The molecule has 0 aliphatic carbocycles. The van der Waals surface area contributed by atoms with E-state index in [9.17, 15) is 0 Å². The molecule has 0 fully saturated rings. The van der Waals surface area contributed by atoms with Gasteiger partial charge in [-0.15, -0.1) is 0 Å². The molecule has 2 aromatic rings. The second-order valence-electron chi connectivity index (χ2n) is 5.32. The molecule has 2 rings (SSSR count). The zero-order chi connectivity index (χ0) is 15.2. The van der Waals surface area contributed by atoms with E-state index in [4.69, 9.17) is 16.9 Å². The number of nitrogens with zero attached hydrogens (tertiary/aromatic N) is 1. The van der Waals surface area contributed by atoms with E-state index in [0.29, 0.717) is 11.6 Å². The largest absolute Gasteiger partial charge is 0.307 e. The van der Waals surface area contributed by atoms with Crippen molar-refractivity contribution >= 4 is 11.6 Å². The van der Waals surface area contributed by atoms with Crippen molar-refractivity contribution < 1.29 is 0 Å². The van der Waals surface area contributed by atoms with Crippen molar-refractivity contribution in [3.63, 3.8) is 0 Å². The number of benzene rings is 2. The predicted octanol–water partition coefficient (Wildman–Crippen LogP) is 4.49. The van der Waals surface area contributed by atoms with Crippen LogP contribution in [0.5, 0.6) is 0 Å². The van der Waals surface area contributed by atoms with Crippen molar-refractivity contribution in [1.29, 1.82) is 5.26 Å². The summed E-state index contributed by atoms with van der Waals surface area (Å²) in [6, 6.07) is 18.3. The molecule has 108 valence electrons. The normalized spacial score (nSPS) is 13.4. The molecule has 2 nitrogen and oxygen atoms in total. The fourth-order valence-corrected chi connectivity index (χ4v) is 2.67. The molecule has 0 aliphatic rings. The van der Waals surface area contributed by atoms with Crippen LogP contribution >= 0.6 is 11.6 Å². The molecule has 0 saturated heterocycles. The monoisotopic (exact) mass is 298 g/mol. The lowest BCUT2D eigenvalue weighted by Crippen LogP contribution is -2.30. The molecule has 0 amide bonds. The molecule has 21 heavy (non-hydrogen) atoms. The van der Waals surface area contributed by atoms with Crippen LogP contribution in [0.2, 0.25) is 5.02 Å². The highest BCUT2D eigenvalue weighted by molar-refractivity contribution is 6.31. The second kappa shape index (κ2) is 7.26. The molecule has 0 aliphatic heterocycles. The number of nitrogens with one attached hydrogen (secondary N) is 1. The third kappa shape index (κ3) is 4.32. The van der Waals surface area contributed by atoms with Crippen molar-refractivity contribution in [2.45, 2.75) is 32.4 Å². The third-order valence-corrected chi connectivity index (χ3v) is 3.90. The van der Waals surface area contributed by atoms with E-state index in [-0.39, 0.29) is 6.04 Å². The van der Waals surface area contributed by atoms with Crippen LogP contribution in [0.25, 0.3) is 0 Å². The summed E-state index contributed by atoms with van der Waals surface area (Å²) >= 11 is 6.20. The van der Waals surface area contributed by atoms with Crippen molar-refractivity contribution in [3.8, 4) is 6.07 Å². The SMILES string of the molecule is CC(Cc1ccccc1Cl)NC(C)c1cccc(C#N)c1. The molecule has 1 N–H and O–H groups in total. The minimum absolute atomic E-state index is 0.191. The van der Waals surface area contributed by atoms with Gasteiger partial charge >= 0.3 is 0 Å². The summed E-state index contributed by atoms with van der Waals surface area (Å²) in [5.41, 5.74) is 2.97. The van der Waals surface area contributed by atoms with Crippen molar-refractivity contribution in [2.75, 3.05) is 0 Å². The number of nitriles is 1. The first-order valence-corrected chi connectivity index (χ1v) is 7.47. The molecule has 0 aromatic heterocycles. The summed E-state index contributed by atoms with van der Waals surface area (Å²) < 4.78 is 0. The van der Waals surface area contributed by atoms with Crippen LogP contribution in [0.3, 0.4) is 0 Å². The van der Waals surface area contributed by atoms with Gasteiger partial charge in [0.25, 0.3) is 0 Å². The molecule has 0 radical (unpaired) electrons. The minimum Gasteiger partial charge on any atom is -0.307 e. The molecule has 2 unspecified atom stereocenters. The summed E-state index contributed by atoms with van der Waals surface area (Å²) in [6.07, 6.45) is 0.877. The Morgan fingerprint density at radius 2 is 1.90 bits per heavy atom. The fourth-order valence-electron chi connectivity index (χ4n) is 2.45. The quantitative estimate of drug-likeness (QED) is 0.882. The number of hydrogen-bond donors (Lipinski definition) is 1. The van der Waals surface area contributed by atoms with Gasteiger partial charge in [-0.05, 0) is 49.6 Å². The van der Waals surface area contributed by atoms with Crippen LogP contribution in [0.4, 0.5) is 0 Å². The Labute approximate surface area is 131 Å². The summed E-state index contributed by atoms with van der Waals surface area (Å²) in [5, 5.41) is 13.3. The van der Waals surface area contributed by atoms with Crippen molar-refractivity contribution in [1.82, 2.24) is 5.32 Å². The van der Waals surface area contributed by atoms with Crippen LogP contribution < -0.4 is 5.32 Å². The smallest absolute Gasteiger partial charge is 0.0991 e. The third-order valence-electron chi connectivity index (χ3n) is 3.53. The lowest BCUT2D eigenvalue weighted by molar-refractivity contribution is 0.477. The number of halogens is 1. The van der Waals surface area contributed by atoms with E-state index >= 15 is 0 Å². The molecule has 0 bridgehead atoms. The van der Waals surface area contributed by atoms with Gasteiger partial charge in [0.1, 0.15) is 0 Å². The van der Waals surface area contributed by atoms with Gasteiger partial charge in [-0.3, -0.25) is 0 Å². The van der Waals surface area contributed by atoms with Crippen LogP contribution in [-0.4, -0.2) is 6.04 Å². The Morgan fingerprint density at radius 3 is 2.62 bits per heavy atom. The topological polar surface area (TPSA) is 35.8 Å². The molecular formula is C18H19ClN2. The van der Waals surface area contributed by atoms with E-state index in [1.807, 2.05) is 42.5 Å². The molecule has 3 heteroatoms. The van der Waals surface area contributed by atoms with Gasteiger partial charge in [0.2, 0.25) is 0 Å². The van der Waals surface area contributed by atoms with Crippen LogP contribution in [0.15, 0.2) is 48.5 Å². The maximum absolute atomic E-state index is 8.97. The highest BCUT2D eigenvalue weighted by Gasteiger charge is 2.11. The maximum Gasteiger partial charge on any atom is 0.0991 e. The Bertz CT molecular complexity index is 646. The Balaban J connectivity index is 2.00. The van der Waals surface area contributed by atoms with Gasteiger partial charge in [0.15, 0.2) is 0 Å². The standard InChI is InChI=1S/C18H19ClN2/c1-13(10-17-7-3-4-9-18(17)19)21-14(2)16-8-5-6-15(11-16)12-20/h3-9,11,13-14,21H,10H2,1-2H3. The summed E-state index contributed by atoms with van der Waals surface area (Å²) in [5.74, 6) is 0. The van der Waals surface area contributed by atoms with Crippen LogP contribution in [0, 0.1) is 11.3 Å². The van der Waals surface area contributed by atoms with E-state index in [1.165, 1.54) is 0 Å². The number of hydrogen-bond acceptors (Lipinski definition) is 2. The summed E-state index contributed by atoms with van der Waals surface area (Å²) in [7, 11) is 0.